The highest BCUT2D eigenvalue weighted by molar-refractivity contribution is 7.89. The van der Waals surface area contributed by atoms with Crippen LogP contribution in [0.4, 0.5) is 0 Å². The molecule has 3 atom stereocenters. The lowest BCUT2D eigenvalue weighted by Crippen LogP contribution is -2.52. The molecule has 5 nitrogen and oxygen atoms in total. The maximum atomic E-state index is 13.4. The molecule has 1 amide bonds. The highest BCUT2D eigenvalue weighted by Crippen LogP contribution is 2.52. The molecule has 2 fully saturated rings. The van der Waals surface area contributed by atoms with Crippen molar-refractivity contribution in [1.29, 1.82) is 0 Å². The van der Waals surface area contributed by atoms with Crippen LogP contribution in [-0.4, -0.2) is 37.9 Å². The number of halogens is 1. The third-order valence-corrected chi connectivity index (χ3v) is 7.75. The van der Waals surface area contributed by atoms with Crippen LogP contribution in [0, 0.1) is 16.7 Å². The Hall–Kier alpha value is -1.11. The smallest absolute Gasteiger partial charge is 0.241 e. The number of hydrogen-bond donors (Lipinski definition) is 1. The fraction of sp³-hybridized carbons (Fsp3) is 0.667. The second-order valence-corrected chi connectivity index (χ2v) is 12.1. The molecule has 1 aliphatic heterocycles. The number of fused-ring (bicyclic) bond motifs is 2. The molecule has 0 radical (unpaired) electrons. The van der Waals surface area contributed by atoms with Crippen molar-refractivity contribution in [2.45, 2.75) is 70.9 Å². The van der Waals surface area contributed by atoms with Gasteiger partial charge in [-0.1, -0.05) is 46.2 Å². The van der Waals surface area contributed by atoms with E-state index >= 15 is 0 Å². The third kappa shape index (κ3) is 4.39. The topological polar surface area (TPSA) is 66.5 Å². The van der Waals surface area contributed by atoms with Gasteiger partial charge in [-0.3, -0.25) is 4.79 Å². The Kier molecular flexibility index (Phi) is 5.63. The van der Waals surface area contributed by atoms with Crippen LogP contribution in [0.3, 0.4) is 0 Å². The standard InChI is InChI=1S/C21H31ClN2O3S/c1-14(2)18(23-28(26,27)17-8-6-15(22)7-9-17)19(25)24-13-21(5)11-16(24)10-20(3,4)12-21/h6-9,14,16,18,23H,10-13H2,1-5H3. The quantitative estimate of drug-likeness (QED) is 0.771. The normalized spacial score (nSPS) is 27.8. The molecule has 156 valence electrons. The van der Waals surface area contributed by atoms with Crippen LogP contribution in [0.5, 0.6) is 0 Å². The number of carbonyl (C=O) groups excluding carboxylic acids is 1. The molecule has 2 bridgehead atoms. The van der Waals surface area contributed by atoms with Crippen molar-refractivity contribution >= 4 is 27.5 Å². The largest absolute Gasteiger partial charge is 0.338 e. The summed E-state index contributed by atoms with van der Waals surface area (Å²) >= 11 is 5.87. The van der Waals surface area contributed by atoms with Gasteiger partial charge in [-0.15, -0.1) is 0 Å². The summed E-state index contributed by atoms with van der Waals surface area (Å²) < 4.78 is 28.3. The van der Waals surface area contributed by atoms with E-state index in [0.29, 0.717) is 11.6 Å². The molecule has 1 N–H and O–H groups in total. The van der Waals surface area contributed by atoms with Crippen molar-refractivity contribution in [2.24, 2.45) is 16.7 Å². The Morgan fingerprint density at radius 1 is 1.18 bits per heavy atom. The first-order valence-electron chi connectivity index (χ1n) is 9.90. The van der Waals surface area contributed by atoms with E-state index in [-0.39, 0.29) is 33.6 Å². The van der Waals surface area contributed by atoms with Gasteiger partial charge in [0.15, 0.2) is 0 Å². The van der Waals surface area contributed by atoms with Crippen molar-refractivity contribution in [1.82, 2.24) is 9.62 Å². The minimum absolute atomic E-state index is 0.110. The van der Waals surface area contributed by atoms with Crippen molar-refractivity contribution in [3.8, 4) is 0 Å². The van der Waals surface area contributed by atoms with E-state index in [0.717, 1.165) is 19.3 Å². The number of hydrogen-bond acceptors (Lipinski definition) is 3. The Balaban J connectivity index is 1.83. The fourth-order valence-electron chi connectivity index (χ4n) is 5.22. The van der Waals surface area contributed by atoms with Crippen LogP contribution >= 0.6 is 11.6 Å². The molecule has 1 aromatic carbocycles. The molecule has 0 spiro atoms. The summed E-state index contributed by atoms with van der Waals surface area (Å²) in [5, 5.41) is 0.468. The number of carbonyl (C=O) groups is 1. The summed E-state index contributed by atoms with van der Waals surface area (Å²) in [6.07, 6.45) is 3.04. The monoisotopic (exact) mass is 426 g/mol. The molecule has 1 aromatic rings. The van der Waals surface area contributed by atoms with Crippen LogP contribution in [0.1, 0.15) is 53.9 Å². The van der Waals surface area contributed by atoms with Crippen molar-refractivity contribution in [2.75, 3.05) is 6.54 Å². The number of likely N-dealkylation sites (tertiary alicyclic amines) is 1. The Bertz CT molecular complexity index is 851. The molecule has 3 rings (SSSR count). The SMILES string of the molecule is CC(C)C(NS(=O)(=O)c1ccc(Cl)cc1)C(=O)N1CC2(C)CC1CC(C)(C)C2. The first-order valence-corrected chi connectivity index (χ1v) is 11.8. The molecule has 1 saturated carbocycles. The second-order valence-electron chi connectivity index (χ2n) is 9.98. The molecule has 1 aliphatic carbocycles. The zero-order valence-electron chi connectivity index (χ0n) is 17.3. The van der Waals surface area contributed by atoms with Gasteiger partial charge in [-0.2, -0.15) is 4.72 Å². The van der Waals surface area contributed by atoms with E-state index in [9.17, 15) is 13.2 Å². The van der Waals surface area contributed by atoms with Gasteiger partial charge in [-0.05, 0) is 60.3 Å². The maximum Gasteiger partial charge on any atom is 0.241 e. The highest BCUT2D eigenvalue weighted by Gasteiger charge is 2.52. The maximum absolute atomic E-state index is 13.4. The highest BCUT2D eigenvalue weighted by atomic mass is 35.5. The summed E-state index contributed by atoms with van der Waals surface area (Å²) in [5.74, 6) is -0.269. The van der Waals surface area contributed by atoms with Crippen LogP contribution < -0.4 is 4.72 Å². The third-order valence-electron chi connectivity index (χ3n) is 6.04. The molecule has 28 heavy (non-hydrogen) atoms. The zero-order chi connectivity index (χ0) is 20.9. The van der Waals surface area contributed by atoms with Gasteiger partial charge >= 0.3 is 0 Å². The van der Waals surface area contributed by atoms with Crippen molar-refractivity contribution < 1.29 is 13.2 Å². The van der Waals surface area contributed by atoms with E-state index in [1.54, 1.807) is 0 Å². The van der Waals surface area contributed by atoms with Gasteiger partial charge in [0.05, 0.1) is 4.90 Å². The number of rotatable bonds is 5. The fourth-order valence-corrected chi connectivity index (χ4v) is 6.68. The minimum atomic E-state index is -3.81. The van der Waals surface area contributed by atoms with Crippen LogP contribution in [0.15, 0.2) is 29.2 Å². The average Bonchev–Trinajstić information content (AvgIpc) is 2.81. The number of amides is 1. The van der Waals surface area contributed by atoms with Crippen molar-refractivity contribution in [3.63, 3.8) is 0 Å². The molecular weight excluding hydrogens is 396 g/mol. The lowest BCUT2D eigenvalue weighted by molar-refractivity contribution is -0.135. The average molecular weight is 427 g/mol. The summed E-state index contributed by atoms with van der Waals surface area (Å²) in [7, 11) is -3.81. The van der Waals surface area contributed by atoms with Crippen LogP contribution in [-0.2, 0) is 14.8 Å². The van der Waals surface area contributed by atoms with Gasteiger partial charge in [0.1, 0.15) is 6.04 Å². The van der Waals surface area contributed by atoms with E-state index in [1.165, 1.54) is 24.3 Å². The lowest BCUT2D eigenvalue weighted by Gasteiger charge is -2.39. The second kappa shape index (κ2) is 7.29. The van der Waals surface area contributed by atoms with E-state index in [2.05, 4.69) is 25.5 Å². The van der Waals surface area contributed by atoms with Crippen LogP contribution in [0.25, 0.3) is 0 Å². The van der Waals surface area contributed by atoms with Gasteiger partial charge < -0.3 is 4.90 Å². The Morgan fingerprint density at radius 3 is 2.36 bits per heavy atom. The summed E-state index contributed by atoms with van der Waals surface area (Å²) in [6.45, 7) is 11.2. The first-order chi connectivity index (χ1) is 12.8. The van der Waals surface area contributed by atoms with E-state index in [1.807, 2.05) is 18.7 Å². The minimum Gasteiger partial charge on any atom is -0.338 e. The van der Waals surface area contributed by atoms with Crippen LogP contribution in [0.2, 0.25) is 5.02 Å². The van der Waals surface area contributed by atoms with Gasteiger partial charge in [-0.25, -0.2) is 8.42 Å². The number of nitrogens with one attached hydrogen (secondary N) is 1. The van der Waals surface area contributed by atoms with Gasteiger partial charge in [0.25, 0.3) is 0 Å². The van der Waals surface area contributed by atoms with Gasteiger partial charge in [0, 0.05) is 17.6 Å². The molecule has 3 unspecified atom stereocenters. The number of sulfonamides is 1. The molecule has 0 aromatic heterocycles. The summed E-state index contributed by atoms with van der Waals surface area (Å²) in [5.41, 5.74) is 0.307. The van der Waals surface area contributed by atoms with Crippen molar-refractivity contribution in [3.05, 3.63) is 29.3 Å². The Labute approximate surface area is 173 Å². The molecule has 2 aliphatic rings. The lowest BCUT2D eigenvalue weighted by atomic mass is 9.65. The summed E-state index contributed by atoms with van der Waals surface area (Å²) in [4.78, 5) is 15.5. The molecule has 1 heterocycles. The Morgan fingerprint density at radius 2 is 1.79 bits per heavy atom. The summed E-state index contributed by atoms with van der Waals surface area (Å²) in [6, 6.07) is 5.39. The van der Waals surface area contributed by atoms with E-state index in [4.69, 9.17) is 11.6 Å². The molecular formula is C21H31ClN2O3S. The first kappa shape index (κ1) is 21.6. The zero-order valence-corrected chi connectivity index (χ0v) is 18.9. The number of benzene rings is 1. The number of nitrogens with zero attached hydrogens (tertiary/aromatic N) is 1. The predicted octanol–water partition coefficient (Wildman–Crippen LogP) is 4.07. The predicted molar refractivity (Wildman–Crippen MR) is 112 cm³/mol. The molecule has 7 heteroatoms. The van der Waals surface area contributed by atoms with E-state index < -0.39 is 16.1 Å². The molecule has 1 saturated heterocycles. The van der Waals surface area contributed by atoms with Gasteiger partial charge in [0.2, 0.25) is 15.9 Å².